The smallest absolute Gasteiger partial charge is 0.126 e. The van der Waals surface area contributed by atoms with Crippen molar-refractivity contribution in [1.82, 2.24) is 4.98 Å². The lowest BCUT2D eigenvalue weighted by Crippen LogP contribution is -2.03. The van der Waals surface area contributed by atoms with E-state index in [0.29, 0.717) is 6.61 Å². The van der Waals surface area contributed by atoms with Crippen LogP contribution in [-0.4, -0.2) is 11.5 Å². The molecule has 3 heteroatoms. The minimum Gasteiger partial charge on any atom is -0.489 e. The average Bonchev–Trinajstić information content (AvgIpc) is 2.51. The predicted octanol–water partition coefficient (Wildman–Crippen LogP) is 4.04. The fraction of sp³-hybridized carbons (Fsp3) is 0.353. The lowest BCUT2D eigenvalue weighted by Gasteiger charge is -2.11. The molecule has 0 radical (unpaired) electrons. The summed E-state index contributed by atoms with van der Waals surface area (Å²) >= 11 is 0. The van der Waals surface area contributed by atoms with E-state index in [2.05, 4.69) is 30.2 Å². The van der Waals surface area contributed by atoms with Crippen LogP contribution in [0.1, 0.15) is 31.4 Å². The van der Waals surface area contributed by atoms with E-state index in [1.54, 1.807) is 0 Å². The Morgan fingerprint density at radius 3 is 2.80 bits per heavy atom. The van der Waals surface area contributed by atoms with Gasteiger partial charge in [0, 0.05) is 12.7 Å². The van der Waals surface area contributed by atoms with E-state index >= 15 is 0 Å². The highest BCUT2D eigenvalue weighted by Crippen LogP contribution is 2.20. The number of nitrogens with zero attached hydrogens (tertiary/aromatic N) is 1. The lowest BCUT2D eigenvalue weighted by atomic mass is 10.1. The number of benzene rings is 1. The highest BCUT2D eigenvalue weighted by molar-refractivity contribution is 5.38. The molecule has 0 atom stereocenters. The first kappa shape index (κ1) is 14.4. The molecule has 1 aromatic heterocycles. The van der Waals surface area contributed by atoms with Crippen molar-refractivity contribution in [2.75, 3.05) is 11.9 Å². The normalized spacial score (nSPS) is 10.3. The Labute approximate surface area is 121 Å². The van der Waals surface area contributed by atoms with Crippen LogP contribution in [0.5, 0.6) is 5.75 Å². The molecular weight excluding hydrogens is 248 g/mol. The first-order chi connectivity index (χ1) is 9.83. The predicted molar refractivity (Wildman–Crippen MR) is 83.2 cm³/mol. The van der Waals surface area contributed by atoms with Gasteiger partial charge in [0.15, 0.2) is 0 Å². The Balaban J connectivity index is 1.99. The Hall–Kier alpha value is -2.03. The lowest BCUT2D eigenvalue weighted by molar-refractivity contribution is 0.303. The number of pyridine rings is 1. The van der Waals surface area contributed by atoms with Gasteiger partial charge in [0.1, 0.15) is 18.2 Å². The molecule has 2 aromatic rings. The zero-order chi connectivity index (χ0) is 14.2. The summed E-state index contributed by atoms with van der Waals surface area (Å²) in [6.45, 7) is 5.79. The second kappa shape index (κ2) is 7.53. The number of ether oxygens (including phenoxy) is 1. The van der Waals surface area contributed by atoms with Crippen LogP contribution in [-0.2, 0) is 13.0 Å². The number of rotatable bonds is 7. The number of aromatic nitrogens is 1. The Morgan fingerprint density at radius 1 is 1.15 bits per heavy atom. The molecular formula is C17H22N2O. The molecule has 1 heterocycles. The van der Waals surface area contributed by atoms with E-state index in [9.17, 15) is 0 Å². The number of para-hydroxylation sites is 1. The molecule has 20 heavy (non-hydrogen) atoms. The average molecular weight is 270 g/mol. The van der Waals surface area contributed by atoms with Gasteiger partial charge in [0.05, 0.1) is 0 Å². The van der Waals surface area contributed by atoms with Crippen molar-refractivity contribution in [3.8, 4) is 5.75 Å². The molecule has 0 unspecified atom stereocenters. The molecule has 0 fully saturated rings. The van der Waals surface area contributed by atoms with E-state index in [0.717, 1.165) is 36.5 Å². The maximum atomic E-state index is 5.92. The van der Waals surface area contributed by atoms with Crippen molar-refractivity contribution < 1.29 is 4.74 Å². The summed E-state index contributed by atoms with van der Waals surface area (Å²) in [4.78, 5) is 4.30. The second-order valence-corrected chi connectivity index (χ2v) is 4.73. The van der Waals surface area contributed by atoms with Gasteiger partial charge in [-0.25, -0.2) is 4.98 Å². The maximum absolute atomic E-state index is 5.92. The molecule has 0 aliphatic heterocycles. The molecule has 0 saturated carbocycles. The van der Waals surface area contributed by atoms with Gasteiger partial charge in [-0.15, -0.1) is 0 Å². The third kappa shape index (κ3) is 3.98. The Bertz CT molecular complexity index is 540. The number of nitrogens with one attached hydrogen (secondary N) is 1. The molecule has 0 amide bonds. The zero-order valence-electron chi connectivity index (χ0n) is 12.2. The zero-order valence-corrected chi connectivity index (χ0v) is 12.2. The third-order valence-electron chi connectivity index (χ3n) is 3.13. The van der Waals surface area contributed by atoms with Gasteiger partial charge in [-0.3, -0.25) is 0 Å². The van der Waals surface area contributed by atoms with E-state index in [4.69, 9.17) is 4.74 Å². The summed E-state index contributed by atoms with van der Waals surface area (Å²) in [5, 5.41) is 3.29. The molecule has 2 rings (SSSR count). The van der Waals surface area contributed by atoms with Gasteiger partial charge >= 0.3 is 0 Å². The number of aryl methyl sites for hydroxylation is 1. The quantitative estimate of drug-likeness (QED) is 0.824. The second-order valence-electron chi connectivity index (χ2n) is 4.73. The first-order valence-corrected chi connectivity index (χ1v) is 7.23. The summed E-state index contributed by atoms with van der Waals surface area (Å²) in [6, 6.07) is 12.2. The number of hydrogen-bond acceptors (Lipinski definition) is 3. The molecule has 1 aromatic carbocycles. The number of anilines is 1. The van der Waals surface area contributed by atoms with Crippen molar-refractivity contribution in [2.45, 2.75) is 33.3 Å². The molecule has 3 nitrogen and oxygen atoms in total. The SMILES string of the molecule is CCCNc1cc(COc2ccccc2CC)ccn1. The van der Waals surface area contributed by atoms with Crippen molar-refractivity contribution in [1.29, 1.82) is 0 Å². The monoisotopic (exact) mass is 270 g/mol. The molecule has 0 saturated heterocycles. The van der Waals surface area contributed by atoms with E-state index in [-0.39, 0.29) is 0 Å². The van der Waals surface area contributed by atoms with E-state index < -0.39 is 0 Å². The first-order valence-electron chi connectivity index (χ1n) is 7.23. The molecule has 0 aliphatic carbocycles. The van der Waals surface area contributed by atoms with E-state index in [1.165, 1.54) is 5.56 Å². The summed E-state index contributed by atoms with van der Waals surface area (Å²) in [5.41, 5.74) is 2.37. The van der Waals surface area contributed by atoms with Crippen molar-refractivity contribution >= 4 is 5.82 Å². The molecule has 0 bridgehead atoms. The summed E-state index contributed by atoms with van der Waals surface area (Å²) in [7, 11) is 0. The van der Waals surface area contributed by atoms with Crippen LogP contribution >= 0.6 is 0 Å². The van der Waals surface area contributed by atoms with Crippen molar-refractivity contribution in [3.63, 3.8) is 0 Å². The summed E-state index contributed by atoms with van der Waals surface area (Å²) in [6.07, 6.45) is 3.89. The minimum absolute atomic E-state index is 0.570. The number of hydrogen-bond donors (Lipinski definition) is 1. The fourth-order valence-electron chi connectivity index (χ4n) is 2.01. The van der Waals surface area contributed by atoms with Crippen molar-refractivity contribution in [3.05, 3.63) is 53.7 Å². The molecule has 0 aliphatic rings. The van der Waals surface area contributed by atoms with Crippen LogP contribution < -0.4 is 10.1 Å². The van der Waals surface area contributed by atoms with Crippen LogP contribution in [0.4, 0.5) is 5.82 Å². The van der Waals surface area contributed by atoms with Crippen LogP contribution in [0, 0.1) is 0 Å². The molecule has 1 N–H and O–H groups in total. The van der Waals surface area contributed by atoms with Gasteiger partial charge in [-0.05, 0) is 42.2 Å². The van der Waals surface area contributed by atoms with Gasteiger partial charge in [0.2, 0.25) is 0 Å². The summed E-state index contributed by atoms with van der Waals surface area (Å²) < 4.78 is 5.92. The van der Waals surface area contributed by atoms with E-state index in [1.807, 2.05) is 36.5 Å². The van der Waals surface area contributed by atoms with Gasteiger partial charge in [-0.2, -0.15) is 0 Å². The summed E-state index contributed by atoms with van der Waals surface area (Å²) in [5.74, 6) is 1.88. The van der Waals surface area contributed by atoms with Gasteiger partial charge < -0.3 is 10.1 Å². The molecule has 106 valence electrons. The van der Waals surface area contributed by atoms with Crippen LogP contribution in [0.2, 0.25) is 0 Å². The maximum Gasteiger partial charge on any atom is 0.126 e. The highest BCUT2D eigenvalue weighted by Gasteiger charge is 2.02. The Morgan fingerprint density at radius 2 is 2.00 bits per heavy atom. The fourth-order valence-corrected chi connectivity index (χ4v) is 2.01. The van der Waals surface area contributed by atoms with Crippen LogP contribution in [0.15, 0.2) is 42.6 Å². The standard InChI is InChI=1S/C17H22N2O/c1-3-10-18-17-12-14(9-11-19-17)13-20-16-8-6-5-7-15(16)4-2/h5-9,11-12H,3-4,10,13H2,1-2H3,(H,18,19). The highest BCUT2D eigenvalue weighted by atomic mass is 16.5. The topological polar surface area (TPSA) is 34.1 Å². The minimum atomic E-state index is 0.570. The van der Waals surface area contributed by atoms with Crippen LogP contribution in [0.25, 0.3) is 0 Å². The largest absolute Gasteiger partial charge is 0.489 e. The van der Waals surface area contributed by atoms with Gasteiger partial charge in [-0.1, -0.05) is 32.0 Å². The van der Waals surface area contributed by atoms with Crippen LogP contribution in [0.3, 0.4) is 0 Å². The molecule has 0 spiro atoms. The van der Waals surface area contributed by atoms with Gasteiger partial charge in [0.25, 0.3) is 0 Å². The Kier molecular flexibility index (Phi) is 5.42. The van der Waals surface area contributed by atoms with Crippen molar-refractivity contribution in [2.24, 2.45) is 0 Å². The third-order valence-corrected chi connectivity index (χ3v) is 3.13.